The van der Waals surface area contributed by atoms with Crippen LogP contribution in [0.4, 0.5) is 4.79 Å². The molecular formula is C17H24N2O. The van der Waals surface area contributed by atoms with Gasteiger partial charge in [-0.3, -0.25) is 0 Å². The molecule has 108 valence electrons. The highest BCUT2D eigenvalue weighted by molar-refractivity contribution is 5.74. The molecule has 20 heavy (non-hydrogen) atoms. The lowest BCUT2D eigenvalue weighted by atomic mass is 10.0. The monoisotopic (exact) mass is 272 g/mol. The lowest BCUT2D eigenvalue weighted by molar-refractivity contribution is 0.237. The van der Waals surface area contributed by atoms with Gasteiger partial charge in [-0.05, 0) is 55.2 Å². The first-order valence-corrected chi connectivity index (χ1v) is 7.96. The molecule has 0 aliphatic heterocycles. The summed E-state index contributed by atoms with van der Waals surface area (Å²) >= 11 is 0. The zero-order valence-electron chi connectivity index (χ0n) is 12.1. The van der Waals surface area contributed by atoms with E-state index in [9.17, 15) is 4.79 Å². The fourth-order valence-electron chi connectivity index (χ4n) is 3.41. The molecule has 0 unspecified atom stereocenters. The number of rotatable bonds is 4. The fourth-order valence-corrected chi connectivity index (χ4v) is 3.41. The van der Waals surface area contributed by atoms with Crippen molar-refractivity contribution in [2.75, 3.05) is 6.54 Å². The van der Waals surface area contributed by atoms with Crippen LogP contribution in [0.3, 0.4) is 0 Å². The van der Waals surface area contributed by atoms with Gasteiger partial charge in [0.25, 0.3) is 0 Å². The number of amides is 2. The number of hydrogen-bond acceptors (Lipinski definition) is 1. The van der Waals surface area contributed by atoms with E-state index in [0.29, 0.717) is 6.04 Å². The first-order chi connectivity index (χ1) is 9.81. The van der Waals surface area contributed by atoms with Crippen molar-refractivity contribution in [1.29, 1.82) is 0 Å². The van der Waals surface area contributed by atoms with Crippen molar-refractivity contribution in [3.05, 3.63) is 34.9 Å². The second kappa shape index (κ2) is 6.29. The highest BCUT2D eigenvalue weighted by atomic mass is 16.2. The van der Waals surface area contributed by atoms with Crippen LogP contribution < -0.4 is 10.6 Å². The van der Waals surface area contributed by atoms with Crippen LogP contribution in [-0.2, 0) is 19.3 Å². The van der Waals surface area contributed by atoms with Gasteiger partial charge in [-0.1, -0.05) is 31.0 Å². The van der Waals surface area contributed by atoms with Crippen molar-refractivity contribution in [2.24, 2.45) is 0 Å². The molecule has 0 atom stereocenters. The normalized spacial score (nSPS) is 18.0. The van der Waals surface area contributed by atoms with Gasteiger partial charge < -0.3 is 10.6 Å². The third-order valence-electron chi connectivity index (χ3n) is 4.55. The molecule has 1 saturated carbocycles. The standard InChI is InChI=1S/C17H24N2O/c20-17(19-16-6-1-2-7-16)18-11-10-13-8-9-14-4-3-5-15(14)12-13/h8-9,12,16H,1-7,10-11H2,(H2,18,19,20). The summed E-state index contributed by atoms with van der Waals surface area (Å²) < 4.78 is 0. The molecule has 1 aromatic carbocycles. The number of hydrogen-bond donors (Lipinski definition) is 2. The van der Waals surface area contributed by atoms with Crippen molar-refractivity contribution in [3.8, 4) is 0 Å². The van der Waals surface area contributed by atoms with Gasteiger partial charge in [-0.15, -0.1) is 0 Å². The summed E-state index contributed by atoms with van der Waals surface area (Å²) in [6.07, 6.45) is 9.44. The molecule has 2 aliphatic carbocycles. The zero-order chi connectivity index (χ0) is 13.8. The lowest BCUT2D eigenvalue weighted by Gasteiger charge is -2.13. The Morgan fingerprint density at radius 3 is 2.75 bits per heavy atom. The predicted molar refractivity (Wildman–Crippen MR) is 81.0 cm³/mol. The molecule has 0 bridgehead atoms. The first-order valence-electron chi connectivity index (χ1n) is 7.96. The summed E-state index contributed by atoms with van der Waals surface area (Å²) in [6, 6.07) is 7.18. The Balaban J connectivity index is 1.42. The second-order valence-electron chi connectivity index (χ2n) is 6.09. The van der Waals surface area contributed by atoms with E-state index < -0.39 is 0 Å². The quantitative estimate of drug-likeness (QED) is 0.869. The molecule has 0 saturated heterocycles. The lowest BCUT2D eigenvalue weighted by Crippen LogP contribution is -2.41. The van der Waals surface area contributed by atoms with E-state index in [-0.39, 0.29) is 6.03 Å². The van der Waals surface area contributed by atoms with Gasteiger partial charge in [0.15, 0.2) is 0 Å². The number of urea groups is 1. The predicted octanol–water partition coefficient (Wildman–Crippen LogP) is 2.96. The molecule has 0 spiro atoms. The highest BCUT2D eigenvalue weighted by Crippen LogP contribution is 2.22. The average molecular weight is 272 g/mol. The smallest absolute Gasteiger partial charge is 0.315 e. The zero-order valence-corrected chi connectivity index (χ0v) is 12.1. The van der Waals surface area contributed by atoms with E-state index in [1.807, 2.05) is 0 Å². The molecule has 3 heteroatoms. The van der Waals surface area contributed by atoms with Gasteiger partial charge in [0.2, 0.25) is 0 Å². The summed E-state index contributed by atoms with van der Waals surface area (Å²) in [7, 11) is 0. The summed E-state index contributed by atoms with van der Waals surface area (Å²) in [5.74, 6) is 0. The fraction of sp³-hybridized carbons (Fsp3) is 0.588. The van der Waals surface area contributed by atoms with Crippen molar-refractivity contribution in [1.82, 2.24) is 10.6 Å². The number of nitrogens with one attached hydrogen (secondary N) is 2. The molecule has 3 rings (SSSR count). The van der Waals surface area contributed by atoms with Gasteiger partial charge in [0.05, 0.1) is 0 Å². The maximum atomic E-state index is 11.8. The SMILES string of the molecule is O=C(NCCc1ccc2c(c1)CCC2)NC1CCCC1. The second-order valence-corrected chi connectivity index (χ2v) is 6.09. The van der Waals surface area contributed by atoms with Gasteiger partial charge in [0.1, 0.15) is 0 Å². The van der Waals surface area contributed by atoms with Crippen LogP contribution >= 0.6 is 0 Å². The summed E-state index contributed by atoms with van der Waals surface area (Å²) in [5.41, 5.74) is 4.37. The minimum Gasteiger partial charge on any atom is -0.338 e. The Kier molecular flexibility index (Phi) is 4.24. The molecule has 0 heterocycles. The van der Waals surface area contributed by atoms with Gasteiger partial charge in [-0.2, -0.15) is 0 Å². The van der Waals surface area contributed by atoms with Crippen molar-refractivity contribution < 1.29 is 4.79 Å². The number of carbonyl (C=O) groups excluding carboxylic acids is 1. The Morgan fingerprint density at radius 1 is 1.10 bits per heavy atom. The number of carbonyl (C=O) groups is 1. The van der Waals surface area contributed by atoms with E-state index in [0.717, 1.165) is 25.8 Å². The van der Waals surface area contributed by atoms with Gasteiger partial charge >= 0.3 is 6.03 Å². The first kappa shape index (κ1) is 13.5. The van der Waals surface area contributed by atoms with Crippen LogP contribution in [0.15, 0.2) is 18.2 Å². The van der Waals surface area contributed by atoms with Crippen molar-refractivity contribution >= 4 is 6.03 Å². The Bertz CT molecular complexity index is 478. The van der Waals surface area contributed by atoms with E-state index in [2.05, 4.69) is 28.8 Å². The Labute approximate surface area is 121 Å². The third-order valence-corrected chi connectivity index (χ3v) is 4.55. The van der Waals surface area contributed by atoms with E-state index in [4.69, 9.17) is 0 Å². The number of fused-ring (bicyclic) bond motifs is 1. The van der Waals surface area contributed by atoms with Crippen LogP contribution in [-0.4, -0.2) is 18.6 Å². The molecule has 2 aliphatic rings. The van der Waals surface area contributed by atoms with Crippen LogP contribution in [0.2, 0.25) is 0 Å². The largest absolute Gasteiger partial charge is 0.338 e. The van der Waals surface area contributed by atoms with Gasteiger partial charge in [-0.25, -0.2) is 4.79 Å². The van der Waals surface area contributed by atoms with E-state index in [1.54, 1.807) is 0 Å². The van der Waals surface area contributed by atoms with E-state index >= 15 is 0 Å². The average Bonchev–Trinajstić information content (AvgIpc) is 3.09. The van der Waals surface area contributed by atoms with Crippen LogP contribution in [0.1, 0.15) is 48.8 Å². The molecule has 0 radical (unpaired) electrons. The minimum atomic E-state index is -0.00180. The molecule has 0 aromatic heterocycles. The third kappa shape index (κ3) is 3.33. The molecular weight excluding hydrogens is 248 g/mol. The molecule has 1 fully saturated rings. The number of aryl methyl sites for hydroxylation is 2. The van der Waals surface area contributed by atoms with E-state index in [1.165, 1.54) is 48.8 Å². The minimum absolute atomic E-state index is 0.00180. The maximum absolute atomic E-state index is 11.8. The molecule has 1 aromatic rings. The van der Waals surface area contributed by atoms with Crippen LogP contribution in [0, 0.1) is 0 Å². The Morgan fingerprint density at radius 2 is 1.90 bits per heavy atom. The van der Waals surface area contributed by atoms with Gasteiger partial charge in [0, 0.05) is 12.6 Å². The highest BCUT2D eigenvalue weighted by Gasteiger charge is 2.16. The maximum Gasteiger partial charge on any atom is 0.315 e. The van der Waals surface area contributed by atoms with Crippen LogP contribution in [0.25, 0.3) is 0 Å². The van der Waals surface area contributed by atoms with Crippen LogP contribution in [0.5, 0.6) is 0 Å². The summed E-state index contributed by atoms with van der Waals surface area (Å²) in [6.45, 7) is 0.720. The molecule has 3 nitrogen and oxygen atoms in total. The topological polar surface area (TPSA) is 41.1 Å². The molecule has 2 N–H and O–H groups in total. The number of benzene rings is 1. The van der Waals surface area contributed by atoms with Crippen molar-refractivity contribution in [3.63, 3.8) is 0 Å². The summed E-state index contributed by atoms with van der Waals surface area (Å²) in [5, 5.41) is 6.03. The Hall–Kier alpha value is -1.51. The molecule has 2 amide bonds. The summed E-state index contributed by atoms with van der Waals surface area (Å²) in [4.78, 5) is 11.8. The van der Waals surface area contributed by atoms with Crippen molar-refractivity contribution in [2.45, 2.75) is 57.4 Å².